The van der Waals surface area contributed by atoms with E-state index in [2.05, 4.69) is 5.32 Å². The predicted octanol–water partition coefficient (Wildman–Crippen LogP) is 2.46. The summed E-state index contributed by atoms with van der Waals surface area (Å²) in [4.78, 5) is 22.6. The third-order valence-corrected chi connectivity index (χ3v) is 2.55. The fraction of sp³-hybridized carbons (Fsp3) is 0.467. The molecule has 1 aromatic carbocycles. The van der Waals surface area contributed by atoms with Crippen LogP contribution in [0.4, 0.5) is 13.6 Å². The zero-order valence-corrected chi connectivity index (χ0v) is 13.1. The van der Waals surface area contributed by atoms with Gasteiger partial charge in [-0.2, -0.15) is 0 Å². The largest absolute Gasteiger partial charge is 0.480 e. The van der Waals surface area contributed by atoms with E-state index in [0.29, 0.717) is 6.07 Å². The zero-order valence-electron chi connectivity index (χ0n) is 13.1. The molecule has 2 N–H and O–H groups in total. The summed E-state index contributed by atoms with van der Waals surface area (Å²) < 4.78 is 36.2. The number of carbonyl (C=O) groups excluding carboxylic acids is 1. The summed E-state index contributed by atoms with van der Waals surface area (Å²) in [5, 5.41) is 11.2. The Morgan fingerprint density at radius 3 is 2.48 bits per heavy atom. The lowest BCUT2D eigenvalue weighted by atomic mass is 10.2. The first kappa shape index (κ1) is 18.8. The van der Waals surface area contributed by atoms with Gasteiger partial charge < -0.3 is 19.9 Å². The van der Waals surface area contributed by atoms with Gasteiger partial charge in [0.25, 0.3) is 0 Å². The van der Waals surface area contributed by atoms with Gasteiger partial charge in [-0.1, -0.05) is 6.07 Å². The second-order valence-electron chi connectivity index (χ2n) is 5.79. The molecule has 0 heterocycles. The van der Waals surface area contributed by atoms with Crippen molar-refractivity contribution in [3.8, 4) is 0 Å². The molecular weight excluding hydrogens is 312 g/mol. The topological polar surface area (TPSA) is 84.9 Å². The summed E-state index contributed by atoms with van der Waals surface area (Å²) in [6.07, 6.45) is -0.901. The van der Waals surface area contributed by atoms with E-state index in [1.165, 1.54) is 6.07 Å². The molecule has 1 rings (SSSR count). The van der Waals surface area contributed by atoms with E-state index in [9.17, 15) is 18.4 Å². The van der Waals surface area contributed by atoms with Gasteiger partial charge in [0.2, 0.25) is 0 Å². The van der Waals surface area contributed by atoms with Crippen molar-refractivity contribution in [1.29, 1.82) is 0 Å². The second kappa shape index (κ2) is 7.87. The highest BCUT2D eigenvalue weighted by Crippen LogP contribution is 2.11. The Morgan fingerprint density at radius 1 is 1.30 bits per heavy atom. The van der Waals surface area contributed by atoms with Crippen LogP contribution in [0.25, 0.3) is 0 Å². The van der Waals surface area contributed by atoms with Gasteiger partial charge in [-0.05, 0) is 26.8 Å². The van der Waals surface area contributed by atoms with Gasteiger partial charge in [0, 0.05) is 11.6 Å². The van der Waals surface area contributed by atoms with Crippen molar-refractivity contribution in [2.75, 3.05) is 6.61 Å². The number of alkyl carbamates (subject to hydrolysis) is 1. The fourth-order valence-electron chi connectivity index (χ4n) is 1.55. The highest BCUT2D eigenvalue weighted by atomic mass is 19.1. The van der Waals surface area contributed by atoms with E-state index in [4.69, 9.17) is 14.6 Å². The molecule has 0 aromatic heterocycles. The van der Waals surface area contributed by atoms with Crippen LogP contribution in [0.2, 0.25) is 0 Å². The van der Waals surface area contributed by atoms with Crippen molar-refractivity contribution < 1.29 is 33.0 Å². The molecule has 128 valence electrons. The molecule has 0 aliphatic heterocycles. The van der Waals surface area contributed by atoms with E-state index >= 15 is 0 Å². The van der Waals surface area contributed by atoms with Gasteiger partial charge in [-0.15, -0.1) is 0 Å². The smallest absolute Gasteiger partial charge is 0.408 e. The molecule has 0 spiro atoms. The number of nitrogens with one attached hydrogen (secondary N) is 1. The van der Waals surface area contributed by atoms with Crippen LogP contribution in [0.3, 0.4) is 0 Å². The van der Waals surface area contributed by atoms with Gasteiger partial charge in [0.15, 0.2) is 6.04 Å². The van der Waals surface area contributed by atoms with E-state index in [-0.39, 0.29) is 12.2 Å². The number of ether oxygens (including phenoxy) is 2. The van der Waals surface area contributed by atoms with Crippen molar-refractivity contribution in [1.82, 2.24) is 5.32 Å². The first-order valence-electron chi connectivity index (χ1n) is 6.82. The van der Waals surface area contributed by atoms with Crippen LogP contribution in [-0.4, -0.2) is 35.4 Å². The Labute approximate surface area is 132 Å². The summed E-state index contributed by atoms with van der Waals surface area (Å²) in [7, 11) is 0. The summed E-state index contributed by atoms with van der Waals surface area (Å²) >= 11 is 0. The average Bonchev–Trinajstić information content (AvgIpc) is 2.37. The van der Waals surface area contributed by atoms with Crippen LogP contribution in [0, 0.1) is 11.6 Å². The maximum atomic E-state index is 13.4. The van der Waals surface area contributed by atoms with E-state index in [1.54, 1.807) is 20.8 Å². The Kier molecular flexibility index (Phi) is 6.44. The van der Waals surface area contributed by atoms with Crippen LogP contribution >= 0.6 is 0 Å². The Hall–Kier alpha value is -2.22. The fourth-order valence-corrected chi connectivity index (χ4v) is 1.55. The quantitative estimate of drug-likeness (QED) is 0.836. The van der Waals surface area contributed by atoms with Crippen molar-refractivity contribution in [2.45, 2.75) is 39.0 Å². The molecule has 1 amide bonds. The minimum atomic E-state index is -1.35. The lowest BCUT2D eigenvalue weighted by Gasteiger charge is -2.22. The SMILES string of the molecule is CC(C)(C)OC(=O)N[C@H](COCc1ccc(F)cc1F)C(=O)O. The number of carboxylic acids is 1. The molecule has 0 aliphatic carbocycles. The molecule has 8 heteroatoms. The summed E-state index contributed by atoms with van der Waals surface area (Å²) in [6, 6.07) is 1.61. The summed E-state index contributed by atoms with van der Waals surface area (Å²) in [5.74, 6) is -2.84. The molecule has 6 nitrogen and oxygen atoms in total. The number of amides is 1. The van der Waals surface area contributed by atoms with Crippen molar-refractivity contribution in [3.05, 3.63) is 35.4 Å². The van der Waals surface area contributed by atoms with E-state index in [1.807, 2.05) is 0 Å². The monoisotopic (exact) mass is 331 g/mol. The van der Waals surface area contributed by atoms with Crippen LogP contribution < -0.4 is 5.32 Å². The lowest BCUT2D eigenvalue weighted by Crippen LogP contribution is -2.46. The molecule has 0 bridgehead atoms. The average molecular weight is 331 g/mol. The molecule has 0 fully saturated rings. The number of carbonyl (C=O) groups is 2. The Balaban J connectivity index is 2.53. The minimum absolute atomic E-state index is 0.0767. The Morgan fingerprint density at radius 2 is 1.96 bits per heavy atom. The minimum Gasteiger partial charge on any atom is -0.480 e. The van der Waals surface area contributed by atoms with Crippen LogP contribution in [0.15, 0.2) is 18.2 Å². The number of carboxylic acid groups (broad SMARTS) is 1. The van der Waals surface area contributed by atoms with Gasteiger partial charge in [-0.3, -0.25) is 0 Å². The molecule has 0 saturated carbocycles. The molecule has 0 saturated heterocycles. The molecule has 0 aliphatic rings. The maximum absolute atomic E-state index is 13.4. The van der Waals surface area contributed by atoms with E-state index in [0.717, 1.165) is 6.07 Å². The van der Waals surface area contributed by atoms with E-state index < -0.39 is 41.9 Å². The Bertz CT molecular complexity index is 571. The molecular formula is C15H19F2NO5. The molecule has 1 aromatic rings. The van der Waals surface area contributed by atoms with Crippen LogP contribution in [0.1, 0.15) is 26.3 Å². The number of hydrogen-bond donors (Lipinski definition) is 2. The lowest BCUT2D eigenvalue weighted by molar-refractivity contribution is -0.141. The normalized spacial score (nSPS) is 12.6. The highest BCUT2D eigenvalue weighted by molar-refractivity contribution is 5.80. The first-order valence-corrected chi connectivity index (χ1v) is 6.82. The molecule has 0 radical (unpaired) electrons. The van der Waals surface area contributed by atoms with Gasteiger partial charge in [0.1, 0.15) is 17.2 Å². The predicted molar refractivity (Wildman–Crippen MR) is 76.8 cm³/mol. The number of hydrogen-bond acceptors (Lipinski definition) is 4. The molecule has 1 atom stereocenters. The third-order valence-electron chi connectivity index (χ3n) is 2.55. The van der Waals surface area contributed by atoms with Gasteiger partial charge in [0.05, 0.1) is 13.2 Å². The third kappa shape index (κ3) is 7.05. The summed E-state index contributed by atoms with van der Waals surface area (Å²) in [5.41, 5.74) is -0.696. The number of benzene rings is 1. The standard InChI is InChI=1S/C15H19F2NO5/c1-15(2,3)23-14(21)18-12(13(19)20)8-22-7-9-4-5-10(16)6-11(9)17/h4-6,12H,7-8H2,1-3H3,(H,18,21)(H,19,20)/t12-/m1/s1. The molecule has 23 heavy (non-hydrogen) atoms. The van der Waals surface area contributed by atoms with Gasteiger partial charge in [-0.25, -0.2) is 18.4 Å². The van der Waals surface area contributed by atoms with Gasteiger partial charge >= 0.3 is 12.1 Å². The number of halogens is 2. The molecule has 0 unspecified atom stereocenters. The van der Waals surface area contributed by atoms with Crippen molar-refractivity contribution in [2.24, 2.45) is 0 Å². The number of aliphatic carboxylic acids is 1. The van der Waals surface area contributed by atoms with Crippen molar-refractivity contribution >= 4 is 12.1 Å². The zero-order chi connectivity index (χ0) is 17.6. The van der Waals surface area contributed by atoms with Crippen LogP contribution in [0.5, 0.6) is 0 Å². The summed E-state index contributed by atoms with van der Waals surface area (Å²) in [6.45, 7) is 4.25. The maximum Gasteiger partial charge on any atom is 0.408 e. The van der Waals surface area contributed by atoms with Crippen molar-refractivity contribution in [3.63, 3.8) is 0 Å². The second-order valence-corrected chi connectivity index (χ2v) is 5.79. The highest BCUT2D eigenvalue weighted by Gasteiger charge is 2.24. The number of rotatable bonds is 6. The first-order chi connectivity index (χ1) is 10.6. The van der Waals surface area contributed by atoms with Crippen LogP contribution in [-0.2, 0) is 20.9 Å².